The van der Waals surface area contributed by atoms with E-state index in [-0.39, 0.29) is 29.6 Å². The second kappa shape index (κ2) is 11.3. The van der Waals surface area contributed by atoms with Crippen LogP contribution in [0, 0.1) is 5.82 Å². The molecule has 1 aliphatic heterocycles. The molecular weight excluding hydrogens is 427 g/mol. The van der Waals surface area contributed by atoms with E-state index in [1.807, 2.05) is 18.2 Å². The molecule has 0 bridgehead atoms. The number of nitrogens with one attached hydrogen (secondary N) is 3. The van der Waals surface area contributed by atoms with E-state index in [9.17, 15) is 18.8 Å². The van der Waals surface area contributed by atoms with Gasteiger partial charge in [-0.2, -0.15) is 0 Å². The summed E-state index contributed by atoms with van der Waals surface area (Å²) in [7, 11) is 1.56. The van der Waals surface area contributed by atoms with Crippen LogP contribution >= 0.6 is 0 Å². The lowest BCUT2D eigenvalue weighted by molar-refractivity contribution is -0.128. The number of hydrogen-bond donors (Lipinski definition) is 3. The summed E-state index contributed by atoms with van der Waals surface area (Å²) in [5.74, 6) is -0.433. The van der Waals surface area contributed by atoms with Gasteiger partial charge in [-0.25, -0.2) is 9.18 Å². The molecule has 0 spiro atoms. The van der Waals surface area contributed by atoms with Crippen LogP contribution in [0.4, 0.5) is 14.9 Å². The standard InChI is InChI=1S/C24H29FN4O4/c1-16(30)26-21(15-17-7-3-6-10-22(17)33-2)23(31)27-18-11-13-29(14-12-18)24(32)28-20-9-5-4-8-19(20)25/h3-10,18,21H,11-15H2,1-2H3,(H,26,30)(H,27,31)(H,28,32). The molecule has 33 heavy (non-hydrogen) atoms. The first-order chi connectivity index (χ1) is 15.9. The topological polar surface area (TPSA) is 99.8 Å². The van der Waals surface area contributed by atoms with Crippen LogP contribution < -0.4 is 20.7 Å². The number of carbonyl (C=O) groups is 3. The largest absolute Gasteiger partial charge is 0.496 e. The van der Waals surface area contributed by atoms with E-state index in [0.29, 0.717) is 38.1 Å². The Bertz CT molecular complexity index is 992. The molecule has 1 heterocycles. The zero-order chi connectivity index (χ0) is 23.8. The average molecular weight is 457 g/mol. The number of para-hydroxylation sites is 2. The molecule has 8 nitrogen and oxygen atoms in total. The smallest absolute Gasteiger partial charge is 0.321 e. The molecule has 0 radical (unpaired) electrons. The van der Waals surface area contributed by atoms with E-state index >= 15 is 0 Å². The zero-order valence-corrected chi connectivity index (χ0v) is 18.8. The van der Waals surface area contributed by atoms with Gasteiger partial charge >= 0.3 is 6.03 Å². The number of halogens is 1. The molecule has 0 aliphatic carbocycles. The minimum Gasteiger partial charge on any atom is -0.496 e. The van der Waals surface area contributed by atoms with Crippen LogP contribution in [-0.4, -0.2) is 55.0 Å². The van der Waals surface area contributed by atoms with Crippen molar-refractivity contribution in [1.82, 2.24) is 15.5 Å². The molecule has 3 N–H and O–H groups in total. The molecule has 0 aromatic heterocycles. The lowest BCUT2D eigenvalue weighted by Crippen LogP contribution is -2.53. The third-order valence-electron chi connectivity index (χ3n) is 5.55. The number of urea groups is 1. The van der Waals surface area contributed by atoms with E-state index < -0.39 is 11.9 Å². The maximum Gasteiger partial charge on any atom is 0.321 e. The maximum absolute atomic E-state index is 13.8. The summed E-state index contributed by atoms with van der Waals surface area (Å²) in [6.45, 7) is 2.21. The minimum atomic E-state index is -0.749. The van der Waals surface area contributed by atoms with E-state index in [4.69, 9.17) is 4.74 Å². The summed E-state index contributed by atoms with van der Waals surface area (Å²) < 4.78 is 19.1. The molecule has 2 aromatic carbocycles. The van der Waals surface area contributed by atoms with Gasteiger partial charge in [-0.3, -0.25) is 9.59 Å². The number of carbonyl (C=O) groups excluding carboxylic acids is 3. The number of likely N-dealkylation sites (tertiary alicyclic amines) is 1. The third-order valence-corrected chi connectivity index (χ3v) is 5.55. The van der Waals surface area contributed by atoms with Crippen molar-refractivity contribution in [3.8, 4) is 5.75 Å². The summed E-state index contributed by atoms with van der Waals surface area (Å²) in [6.07, 6.45) is 1.40. The van der Waals surface area contributed by atoms with Crippen molar-refractivity contribution < 1.29 is 23.5 Å². The predicted molar refractivity (Wildman–Crippen MR) is 122 cm³/mol. The van der Waals surface area contributed by atoms with E-state index in [0.717, 1.165) is 5.56 Å². The number of amides is 4. The van der Waals surface area contributed by atoms with Gasteiger partial charge in [0.2, 0.25) is 11.8 Å². The van der Waals surface area contributed by atoms with E-state index in [1.54, 1.807) is 30.2 Å². The molecule has 1 unspecified atom stereocenters. The number of piperidine rings is 1. The Morgan fingerprint density at radius 3 is 2.42 bits per heavy atom. The Labute approximate surface area is 192 Å². The fraction of sp³-hybridized carbons (Fsp3) is 0.375. The number of anilines is 1. The first kappa shape index (κ1) is 24.0. The van der Waals surface area contributed by atoms with Gasteiger partial charge in [-0.1, -0.05) is 30.3 Å². The third kappa shape index (κ3) is 6.68. The molecule has 3 rings (SSSR count). The molecule has 9 heteroatoms. The molecule has 1 aliphatic rings. The minimum absolute atomic E-state index is 0.132. The van der Waals surface area contributed by atoms with Crippen LogP contribution in [0.1, 0.15) is 25.3 Å². The highest BCUT2D eigenvalue weighted by Crippen LogP contribution is 2.20. The van der Waals surface area contributed by atoms with Crippen LogP contribution in [-0.2, 0) is 16.0 Å². The molecule has 0 saturated carbocycles. The van der Waals surface area contributed by atoms with Crippen LogP contribution in [0.25, 0.3) is 0 Å². The highest BCUT2D eigenvalue weighted by Gasteiger charge is 2.28. The highest BCUT2D eigenvalue weighted by molar-refractivity contribution is 5.89. The summed E-state index contributed by atoms with van der Waals surface area (Å²) >= 11 is 0. The second-order valence-corrected chi connectivity index (χ2v) is 7.95. The van der Waals surface area contributed by atoms with Crippen molar-refractivity contribution in [2.24, 2.45) is 0 Å². The monoisotopic (exact) mass is 456 g/mol. The Morgan fingerprint density at radius 1 is 1.09 bits per heavy atom. The van der Waals surface area contributed by atoms with Gasteiger partial charge in [0.05, 0.1) is 12.8 Å². The first-order valence-corrected chi connectivity index (χ1v) is 10.9. The molecule has 2 aromatic rings. The molecule has 1 fully saturated rings. The van der Waals surface area contributed by atoms with Gasteiger partial charge < -0.3 is 25.6 Å². The number of ether oxygens (including phenoxy) is 1. The molecule has 176 valence electrons. The van der Waals surface area contributed by atoms with Crippen molar-refractivity contribution in [3.63, 3.8) is 0 Å². The quantitative estimate of drug-likeness (QED) is 0.597. The lowest BCUT2D eigenvalue weighted by Gasteiger charge is -2.33. The number of nitrogens with zero attached hydrogens (tertiary/aromatic N) is 1. The Hall–Kier alpha value is -3.62. The number of rotatable bonds is 7. The summed E-state index contributed by atoms with van der Waals surface area (Å²) in [5, 5.41) is 8.28. The Kier molecular flexibility index (Phi) is 8.23. The van der Waals surface area contributed by atoms with Crippen molar-refractivity contribution in [2.75, 3.05) is 25.5 Å². The SMILES string of the molecule is COc1ccccc1CC(NC(C)=O)C(=O)NC1CCN(C(=O)Nc2ccccc2F)CC1. The molecule has 1 saturated heterocycles. The van der Waals surface area contributed by atoms with Crippen molar-refractivity contribution >= 4 is 23.5 Å². The first-order valence-electron chi connectivity index (χ1n) is 10.9. The van der Waals surface area contributed by atoms with Crippen molar-refractivity contribution in [1.29, 1.82) is 0 Å². The zero-order valence-electron chi connectivity index (χ0n) is 18.8. The fourth-order valence-electron chi connectivity index (χ4n) is 3.83. The number of methoxy groups -OCH3 is 1. The maximum atomic E-state index is 13.8. The summed E-state index contributed by atoms with van der Waals surface area (Å²) in [6, 6.07) is 12.1. The normalized spacial score (nSPS) is 14.8. The van der Waals surface area contributed by atoms with E-state index in [1.165, 1.54) is 19.1 Å². The summed E-state index contributed by atoms with van der Waals surface area (Å²) in [5.41, 5.74) is 0.945. The van der Waals surface area contributed by atoms with Crippen LogP contribution in [0.2, 0.25) is 0 Å². The molecule has 1 atom stereocenters. The van der Waals surface area contributed by atoms with Gasteiger partial charge in [0.1, 0.15) is 17.6 Å². The number of benzene rings is 2. The van der Waals surface area contributed by atoms with Crippen molar-refractivity contribution in [2.45, 2.75) is 38.3 Å². The second-order valence-electron chi connectivity index (χ2n) is 7.95. The molecular formula is C24H29FN4O4. The average Bonchev–Trinajstić information content (AvgIpc) is 2.80. The Morgan fingerprint density at radius 2 is 1.76 bits per heavy atom. The number of hydrogen-bond acceptors (Lipinski definition) is 4. The predicted octanol–water partition coefficient (Wildman–Crippen LogP) is 2.69. The Balaban J connectivity index is 1.55. The van der Waals surface area contributed by atoms with Crippen molar-refractivity contribution in [3.05, 3.63) is 59.9 Å². The molecule has 4 amide bonds. The van der Waals surface area contributed by atoms with Crippen LogP contribution in [0.3, 0.4) is 0 Å². The van der Waals surface area contributed by atoms with Gasteiger partial charge in [-0.15, -0.1) is 0 Å². The van der Waals surface area contributed by atoms with Gasteiger partial charge in [0.15, 0.2) is 0 Å². The lowest BCUT2D eigenvalue weighted by atomic mass is 10.0. The van der Waals surface area contributed by atoms with Gasteiger partial charge in [0.25, 0.3) is 0 Å². The van der Waals surface area contributed by atoms with Gasteiger partial charge in [0, 0.05) is 32.5 Å². The fourth-order valence-corrected chi connectivity index (χ4v) is 3.83. The summed E-state index contributed by atoms with van der Waals surface area (Å²) in [4.78, 5) is 38.7. The highest BCUT2D eigenvalue weighted by atomic mass is 19.1. The van der Waals surface area contributed by atoms with Crippen LogP contribution in [0.15, 0.2) is 48.5 Å². The van der Waals surface area contributed by atoms with E-state index in [2.05, 4.69) is 16.0 Å². The van der Waals surface area contributed by atoms with Gasteiger partial charge in [-0.05, 0) is 36.6 Å². The van der Waals surface area contributed by atoms with Crippen LogP contribution in [0.5, 0.6) is 5.75 Å².